The maximum atomic E-state index is 11.2. The number of aliphatic hydroxyl groups is 1. The Bertz CT molecular complexity index is 341. The van der Waals surface area contributed by atoms with Crippen LogP contribution in [0.2, 0.25) is 0 Å². The van der Waals surface area contributed by atoms with E-state index in [1.807, 2.05) is 0 Å². The quantitative estimate of drug-likeness (QED) is 0.252. The Balaban J connectivity index is 4.62. The lowest BCUT2D eigenvalue weighted by Crippen LogP contribution is -2.48. The largest absolute Gasteiger partial charge is 0.390 e. The monoisotopic (exact) mass is 306 g/mol. The average molecular weight is 306 g/mol. The van der Waals surface area contributed by atoms with Gasteiger partial charge in [0, 0.05) is 18.7 Å². The van der Waals surface area contributed by atoms with E-state index in [1.54, 1.807) is 0 Å². The molecule has 0 aromatic rings. The first-order chi connectivity index (χ1) is 7.99. The Labute approximate surface area is 105 Å². The Hall–Kier alpha value is 0.180. The fourth-order valence-corrected chi connectivity index (χ4v) is 3.27. The predicted octanol–water partition coefficient (Wildman–Crippen LogP) is -1.86. The van der Waals surface area contributed by atoms with Gasteiger partial charge in [0.1, 0.15) is 0 Å². The highest BCUT2D eigenvalue weighted by Gasteiger charge is 2.37. The van der Waals surface area contributed by atoms with Crippen molar-refractivity contribution < 1.29 is 33.8 Å². The van der Waals surface area contributed by atoms with Gasteiger partial charge in [-0.25, -0.2) is 0 Å². The van der Waals surface area contributed by atoms with Gasteiger partial charge in [-0.05, 0) is 12.8 Å². The second-order valence-electron chi connectivity index (χ2n) is 4.07. The van der Waals surface area contributed by atoms with Gasteiger partial charge in [0.25, 0.3) is 0 Å². The number of hydrogen-bond acceptors (Lipinski definition) is 5. The van der Waals surface area contributed by atoms with Gasteiger partial charge in [-0.1, -0.05) is 0 Å². The fourth-order valence-electron chi connectivity index (χ4n) is 1.50. The molecule has 11 heteroatoms. The zero-order valence-electron chi connectivity index (χ0n) is 9.66. The minimum atomic E-state index is -4.57. The first-order valence-corrected chi connectivity index (χ1v) is 8.70. The van der Waals surface area contributed by atoms with Gasteiger partial charge in [0.05, 0.1) is 11.8 Å². The van der Waals surface area contributed by atoms with Crippen molar-refractivity contribution in [2.45, 2.75) is 30.6 Å². The summed E-state index contributed by atoms with van der Waals surface area (Å²) >= 11 is 0. The fraction of sp³-hybridized carbons (Fsp3) is 1.00. The maximum Gasteiger partial charge on any atom is 0.330 e. The molecule has 110 valence electrons. The van der Waals surface area contributed by atoms with Gasteiger partial charge in [-0.15, -0.1) is 0 Å². The summed E-state index contributed by atoms with van der Waals surface area (Å²) in [7, 11) is -8.79. The highest BCUT2D eigenvalue weighted by atomic mass is 31.2. The number of nitrogens with two attached hydrogens (primary N) is 2. The first kappa shape index (κ1) is 18.2. The molecule has 0 saturated heterocycles. The topological polar surface area (TPSA) is 187 Å². The van der Waals surface area contributed by atoms with Crippen LogP contribution in [0.4, 0.5) is 0 Å². The molecule has 0 bridgehead atoms. The highest BCUT2D eigenvalue weighted by molar-refractivity contribution is 7.52. The number of rotatable bonds is 8. The summed E-state index contributed by atoms with van der Waals surface area (Å²) in [6.45, 7) is -0.254. The van der Waals surface area contributed by atoms with Crippen LogP contribution in [0.5, 0.6) is 0 Å². The number of hydrogen-bond donors (Lipinski definition) is 7. The standard InChI is InChI=1S/C7H20N2O7P2/c8-4-5(10)7(9)6(18(14,15)16)2-1-3-17(11,12)13/h5-7,10H,1-4,8-9H2,(H2,11,12,13)(H2,14,15,16). The second kappa shape index (κ2) is 7.09. The summed E-state index contributed by atoms with van der Waals surface area (Å²) in [4.78, 5) is 35.5. The molecule has 0 spiro atoms. The van der Waals surface area contributed by atoms with Gasteiger partial charge in [-0.3, -0.25) is 9.13 Å². The molecule has 0 fully saturated rings. The lowest BCUT2D eigenvalue weighted by molar-refractivity contribution is 0.143. The Morgan fingerprint density at radius 1 is 1.11 bits per heavy atom. The summed E-state index contributed by atoms with van der Waals surface area (Å²) in [5.74, 6) is 0. The van der Waals surface area contributed by atoms with Crippen LogP contribution in [0.25, 0.3) is 0 Å². The van der Waals surface area contributed by atoms with E-state index in [4.69, 9.17) is 31.0 Å². The van der Waals surface area contributed by atoms with Gasteiger partial charge in [-0.2, -0.15) is 0 Å². The van der Waals surface area contributed by atoms with Crippen LogP contribution in [0.1, 0.15) is 12.8 Å². The summed E-state index contributed by atoms with van der Waals surface area (Å²) in [5, 5.41) is 9.37. The van der Waals surface area contributed by atoms with Crippen molar-refractivity contribution in [3.8, 4) is 0 Å². The lowest BCUT2D eigenvalue weighted by Gasteiger charge is -2.27. The van der Waals surface area contributed by atoms with E-state index in [2.05, 4.69) is 0 Å². The van der Waals surface area contributed by atoms with Crippen LogP contribution >= 0.6 is 15.2 Å². The van der Waals surface area contributed by atoms with Gasteiger partial charge >= 0.3 is 15.2 Å². The smallest absolute Gasteiger partial charge is 0.330 e. The molecule has 0 aromatic heterocycles. The van der Waals surface area contributed by atoms with Gasteiger partial charge in [0.15, 0.2) is 0 Å². The summed E-state index contributed by atoms with van der Waals surface area (Å²) in [6, 6.07) is -1.24. The van der Waals surface area contributed by atoms with Crippen molar-refractivity contribution in [2.75, 3.05) is 12.7 Å². The molecule has 0 aliphatic rings. The van der Waals surface area contributed by atoms with Crippen molar-refractivity contribution in [2.24, 2.45) is 11.5 Å². The molecule has 0 aromatic carbocycles. The normalized spacial score (nSPS) is 18.4. The molecular weight excluding hydrogens is 286 g/mol. The third-order valence-electron chi connectivity index (χ3n) is 2.51. The van der Waals surface area contributed by atoms with Crippen LogP contribution < -0.4 is 11.5 Å². The summed E-state index contributed by atoms with van der Waals surface area (Å²) in [6.07, 6.45) is -2.08. The second-order valence-corrected chi connectivity index (χ2v) is 7.69. The molecular formula is C7H20N2O7P2. The molecule has 9 N–H and O–H groups in total. The van der Waals surface area contributed by atoms with Crippen molar-refractivity contribution in [3.63, 3.8) is 0 Å². The van der Waals surface area contributed by atoms with Crippen LogP contribution in [0.15, 0.2) is 0 Å². The molecule has 9 nitrogen and oxygen atoms in total. The average Bonchev–Trinajstić information content (AvgIpc) is 2.19. The maximum absolute atomic E-state index is 11.2. The van der Waals surface area contributed by atoms with Gasteiger partial charge < -0.3 is 36.1 Å². The first-order valence-electron chi connectivity index (χ1n) is 5.22. The lowest BCUT2D eigenvalue weighted by atomic mass is 10.0. The molecule has 18 heavy (non-hydrogen) atoms. The predicted molar refractivity (Wildman–Crippen MR) is 65.0 cm³/mol. The van der Waals surface area contributed by atoms with Crippen LogP contribution in [0, 0.1) is 0 Å². The highest BCUT2D eigenvalue weighted by Crippen LogP contribution is 2.46. The zero-order valence-corrected chi connectivity index (χ0v) is 11.5. The van der Waals surface area contributed by atoms with E-state index in [0.717, 1.165) is 0 Å². The molecule has 3 unspecified atom stereocenters. The van der Waals surface area contributed by atoms with Crippen LogP contribution in [-0.4, -0.2) is 55.2 Å². The number of aliphatic hydroxyl groups excluding tert-OH is 1. The van der Waals surface area contributed by atoms with Crippen molar-refractivity contribution in [1.82, 2.24) is 0 Å². The third kappa shape index (κ3) is 6.94. The van der Waals surface area contributed by atoms with E-state index in [1.165, 1.54) is 0 Å². The van der Waals surface area contributed by atoms with Crippen molar-refractivity contribution in [3.05, 3.63) is 0 Å². The minimum Gasteiger partial charge on any atom is -0.390 e. The van der Waals surface area contributed by atoms with Crippen molar-refractivity contribution >= 4 is 15.2 Å². The molecule has 0 saturated carbocycles. The molecule has 0 amide bonds. The van der Waals surface area contributed by atoms with Crippen LogP contribution in [0.3, 0.4) is 0 Å². The minimum absolute atomic E-state index is 0.106. The van der Waals surface area contributed by atoms with E-state index in [9.17, 15) is 14.2 Å². The molecule has 0 aliphatic carbocycles. The Morgan fingerprint density at radius 3 is 1.94 bits per heavy atom. The Kier molecular flexibility index (Phi) is 7.16. The van der Waals surface area contributed by atoms with E-state index < -0.39 is 39.2 Å². The third-order valence-corrected chi connectivity index (χ3v) is 4.88. The zero-order chi connectivity index (χ0) is 14.6. The molecule has 3 atom stereocenters. The van der Waals surface area contributed by atoms with E-state index in [-0.39, 0.29) is 19.4 Å². The summed E-state index contributed by atoms with van der Waals surface area (Å²) in [5.41, 5.74) is 9.26. The van der Waals surface area contributed by atoms with E-state index >= 15 is 0 Å². The van der Waals surface area contributed by atoms with Crippen LogP contribution in [-0.2, 0) is 9.13 Å². The Morgan fingerprint density at radius 2 is 1.61 bits per heavy atom. The molecule has 0 rings (SSSR count). The molecule has 0 heterocycles. The molecule has 0 radical (unpaired) electrons. The summed E-state index contributed by atoms with van der Waals surface area (Å²) < 4.78 is 21.8. The molecule has 0 aliphatic heterocycles. The SMILES string of the molecule is NCC(O)C(N)C(CCCP(=O)(O)O)P(=O)(O)O. The van der Waals surface area contributed by atoms with Crippen molar-refractivity contribution in [1.29, 1.82) is 0 Å². The van der Waals surface area contributed by atoms with E-state index in [0.29, 0.717) is 0 Å². The van der Waals surface area contributed by atoms with Gasteiger partial charge in [0.2, 0.25) is 0 Å².